The lowest BCUT2D eigenvalue weighted by Gasteiger charge is -2.08. The van der Waals surface area contributed by atoms with Crippen LogP contribution in [0.25, 0.3) is 0 Å². The molecule has 2 rings (SSSR count). The number of carbonyl (C=O) groups is 1. The SMILES string of the molecule is COCCS(=O)(=O)c1ccc(C(=O)Nc2ccc(Cl)cc2F)cc1. The van der Waals surface area contributed by atoms with Gasteiger partial charge in [0.1, 0.15) is 5.82 Å². The standard InChI is InChI=1S/C16H15ClFNO4S/c1-23-8-9-24(21,22)13-5-2-11(3-6-13)16(20)19-15-7-4-12(17)10-14(15)18/h2-7,10H,8-9H2,1H3,(H,19,20). The van der Waals surface area contributed by atoms with Crippen molar-refractivity contribution in [2.45, 2.75) is 4.90 Å². The zero-order valence-corrected chi connectivity index (χ0v) is 14.3. The van der Waals surface area contributed by atoms with Gasteiger partial charge in [0, 0.05) is 17.7 Å². The van der Waals surface area contributed by atoms with Crippen molar-refractivity contribution in [2.24, 2.45) is 0 Å². The third-order valence-corrected chi connectivity index (χ3v) is 5.14. The van der Waals surface area contributed by atoms with Crippen LogP contribution in [0.15, 0.2) is 47.4 Å². The van der Waals surface area contributed by atoms with Crippen molar-refractivity contribution < 1.29 is 22.3 Å². The second-order valence-electron chi connectivity index (χ2n) is 4.91. The first kappa shape index (κ1) is 18.4. The average molecular weight is 372 g/mol. The lowest BCUT2D eigenvalue weighted by atomic mass is 10.2. The number of rotatable bonds is 6. The Bertz CT molecular complexity index is 838. The number of sulfone groups is 1. The maximum absolute atomic E-state index is 13.7. The Labute approximate surface area is 144 Å². The van der Waals surface area contributed by atoms with Crippen molar-refractivity contribution in [3.63, 3.8) is 0 Å². The molecule has 0 heterocycles. The molecule has 2 aromatic rings. The molecular weight excluding hydrogens is 357 g/mol. The quantitative estimate of drug-likeness (QED) is 0.846. The molecule has 0 spiro atoms. The number of halogens is 2. The monoisotopic (exact) mass is 371 g/mol. The summed E-state index contributed by atoms with van der Waals surface area (Å²) in [5, 5.41) is 2.62. The van der Waals surface area contributed by atoms with Gasteiger partial charge in [0.15, 0.2) is 9.84 Å². The van der Waals surface area contributed by atoms with E-state index in [4.69, 9.17) is 16.3 Å². The van der Waals surface area contributed by atoms with Crippen LogP contribution in [-0.2, 0) is 14.6 Å². The maximum atomic E-state index is 13.7. The largest absolute Gasteiger partial charge is 0.384 e. The fraction of sp³-hybridized carbons (Fsp3) is 0.188. The third-order valence-electron chi connectivity index (χ3n) is 3.21. The Kier molecular flexibility index (Phi) is 5.93. The molecule has 5 nitrogen and oxygen atoms in total. The van der Waals surface area contributed by atoms with Gasteiger partial charge in [-0.15, -0.1) is 0 Å². The Balaban J connectivity index is 2.14. The molecule has 0 saturated carbocycles. The fourth-order valence-electron chi connectivity index (χ4n) is 1.91. The van der Waals surface area contributed by atoms with Crippen LogP contribution in [0.4, 0.5) is 10.1 Å². The molecule has 0 aliphatic heterocycles. The van der Waals surface area contributed by atoms with Crippen molar-refractivity contribution >= 4 is 33.0 Å². The predicted molar refractivity (Wildman–Crippen MR) is 89.7 cm³/mol. The van der Waals surface area contributed by atoms with E-state index in [0.29, 0.717) is 0 Å². The second kappa shape index (κ2) is 7.74. The van der Waals surface area contributed by atoms with Crippen LogP contribution in [-0.4, -0.2) is 33.8 Å². The highest BCUT2D eigenvalue weighted by atomic mass is 35.5. The number of hydrogen-bond acceptors (Lipinski definition) is 4. The Morgan fingerprint density at radius 3 is 2.46 bits per heavy atom. The summed E-state index contributed by atoms with van der Waals surface area (Å²) in [4.78, 5) is 12.2. The van der Waals surface area contributed by atoms with E-state index < -0.39 is 21.6 Å². The van der Waals surface area contributed by atoms with Gasteiger partial charge in [-0.2, -0.15) is 0 Å². The molecule has 2 aromatic carbocycles. The number of amides is 1. The average Bonchev–Trinajstić information content (AvgIpc) is 2.55. The number of nitrogens with one attached hydrogen (secondary N) is 1. The summed E-state index contributed by atoms with van der Waals surface area (Å²) in [5.41, 5.74) is 0.191. The van der Waals surface area contributed by atoms with Gasteiger partial charge in [0.25, 0.3) is 5.91 Å². The highest BCUT2D eigenvalue weighted by Gasteiger charge is 2.15. The molecule has 0 aliphatic carbocycles. The van der Waals surface area contributed by atoms with Gasteiger partial charge < -0.3 is 10.1 Å². The summed E-state index contributed by atoms with van der Waals surface area (Å²) in [6, 6.07) is 9.27. The molecule has 1 N–H and O–H groups in total. The summed E-state index contributed by atoms with van der Waals surface area (Å²) in [5.74, 6) is -1.36. The minimum atomic E-state index is -3.47. The zero-order valence-electron chi connectivity index (χ0n) is 12.8. The lowest BCUT2D eigenvalue weighted by molar-refractivity contribution is 0.102. The molecule has 0 bridgehead atoms. The molecule has 0 radical (unpaired) electrons. The van der Waals surface area contributed by atoms with Gasteiger partial charge in [-0.1, -0.05) is 11.6 Å². The zero-order chi connectivity index (χ0) is 17.7. The van der Waals surface area contributed by atoms with Gasteiger partial charge in [-0.25, -0.2) is 12.8 Å². The molecule has 0 atom stereocenters. The number of carbonyl (C=O) groups excluding carboxylic acids is 1. The molecule has 0 fully saturated rings. The van der Waals surface area contributed by atoms with Crippen LogP contribution in [0, 0.1) is 5.82 Å². The van der Waals surface area contributed by atoms with E-state index in [1.807, 2.05) is 0 Å². The molecule has 1 amide bonds. The van der Waals surface area contributed by atoms with E-state index in [-0.39, 0.29) is 33.5 Å². The van der Waals surface area contributed by atoms with Gasteiger partial charge >= 0.3 is 0 Å². The van der Waals surface area contributed by atoms with Crippen LogP contribution < -0.4 is 5.32 Å². The maximum Gasteiger partial charge on any atom is 0.255 e. The first-order valence-corrected chi connectivity index (χ1v) is 8.94. The normalized spacial score (nSPS) is 11.3. The fourth-order valence-corrected chi connectivity index (χ4v) is 3.24. The minimum absolute atomic E-state index is 0.0128. The Hall–Kier alpha value is -1.96. The van der Waals surface area contributed by atoms with Crippen molar-refractivity contribution in [1.29, 1.82) is 0 Å². The molecule has 0 saturated heterocycles. The Morgan fingerprint density at radius 2 is 1.88 bits per heavy atom. The highest BCUT2D eigenvalue weighted by Crippen LogP contribution is 2.20. The topological polar surface area (TPSA) is 72.5 Å². The third kappa shape index (κ3) is 4.53. The van der Waals surface area contributed by atoms with Crippen molar-refractivity contribution in [1.82, 2.24) is 0 Å². The number of benzene rings is 2. The Morgan fingerprint density at radius 1 is 1.21 bits per heavy atom. The van der Waals surface area contributed by atoms with Crippen molar-refractivity contribution in [3.8, 4) is 0 Å². The number of anilines is 1. The van der Waals surface area contributed by atoms with Crippen molar-refractivity contribution in [3.05, 3.63) is 58.9 Å². The van der Waals surface area contributed by atoms with Crippen LogP contribution in [0.5, 0.6) is 0 Å². The predicted octanol–water partition coefficient (Wildman–Crippen LogP) is 3.15. The van der Waals surface area contributed by atoms with Crippen LogP contribution >= 0.6 is 11.6 Å². The molecule has 0 aromatic heterocycles. The molecule has 128 valence electrons. The molecular formula is C16H15ClFNO4S. The van der Waals surface area contributed by atoms with Gasteiger partial charge in [-0.05, 0) is 42.5 Å². The second-order valence-corrected chi connectivity index (χ2v) is 7.46. The summed E-state index contributed by atoms with van der Waals surface area (Å²) in [6.07, 6.45) is 0. The van der Waals surface area contributed by atoms with Gasteiger partial charge in [0.2, 0.25) is 0 Å². The summed E-state index contributed by atoms with van der Waals surface area (Å²) < 4.78 is 42.4. The van der Waals surface area contributed by atoms with E-state index >= 15 is 0 Å². The van der Waals surface area contributed by atoms with Crippen LogP contribution in [0.1, 0.15) is 10.4 Å². The van der Waals surface area contributed by atoms with Crippen LogP contribution in [0.2, 0.25) is 5.02 Å². The summed E-state index contributed by atoms with van der Waals surface area (Å²) in [6.45, 7) is 0.0837. The highest BCUT2D eigenvalue weighted by molar-refractivity contribution is 7.91. The molecule has 24 heavy (non-hydrogen) atoms. The lowest BCUT2D eigenvalue weighted by Crippen LogP contribution is -2.14. The van der Waals surface area contributed by atoms with Gasteiger partial charge in [-0.3, -0.25) is 4.79 Å². The number of methoxy groups -OCH3 is 1. The van der Waals surface area contributed by atoms with E-state index in [1.165, 1.54) is 43.5 Å². The molecule has 0 unspecified atom stereocenters. The molecule has 0 aliphatic rings. The number of hydrogen-bond donors (Lipinski definition) is 1. The van der Waals surface area contributed by atoms with Gasteiger partial charge in [0.05, 0.1) is 22.9 Å². The van der Waals surface area contributed by atoms with E-state index in [0.717, 1.165) is 6.07 Å². The minimum Gasteiger partial charge on any atom is -0.384 e. The first-order valence-electron chi connectivity index (χ1n) is 6.91. The van der Waals surface area contributed by atoms with E-state index in [9.17, 15) is 17.6 Å². The van der Waals surface area contributed by atoms with E-state index in [1.54, 1.807) is 0 Å². The smallest absolute Gasteiger partial charge is 0.255 e. The van der Waals surface area contributed by atoms with E-state index in [2.05, 4.69) is 5.32 Å². The van der Waals surface area contributed by atoms with Crippen LogP contribution in [0.3, 0.4) is 0 Å². The molecule has 8 heteroatoms. The summed E-state index contributed by atoms with van der Waals surface area (Å²) in [7, 11) is -2.05. The summed E-state index contributed by atoms with van der Waals surface area (Å²) >= 11 is 5.65. The number of ether oxygens (including phenoxy) is 1. The van der Waals surface area contributed by atoms with Crippen molar-refractivity contribution in [2.75, 3.05) is 24.8 Å². The first-order chi connectivity index (χ1) is 11.3.